The van der Waals surface area contributed by atoms with Gasteiger partial charge in [-0.3, -0.25) is 15.1 Å². The van der Waals surface area contributed by atoms with Crippen molar-refractivity contribution in [3.8, 4) is 40.2 Å². The first-order valence-corrected chi connectivity index (χ1v) is 14.6. The number of carbonyl (C=O) groups is 1. The average Bonchev–Trinajstić information content (AvgIpc) is 3.04. The van der Waals surface area contributed by atoms with Gasteiger partial charge in [-0.1, -0.05) is 24.3 Å². The zero-order chi connectivity index (χ0) is 31.1. The Labute approximate surface area is 262 Å². The second kappa shape index (κ2) is 14.2. The minimum atomic E-state index is -1.16. The summed E-state index contributed by atoms with van der Waals surface area (Å²) in [4.78, 5) is 15.5. The lowest BCUT2D eigenvalue weighted by Crippen LogP contribution is -2.39. The molecule has 5 rings (SSSR count). The molecule has 1 aromatic heterocycles. The highest BCUT2D eigenvalue weighted by Gasteiger charge is 2.19. The van der Waals surface area contributed by atoms with Gasteiger partial charge in [0.15, 0.2) is 11.5 Å². The van der Waals surface area contributed by atoms with Crippen LogP contribution in [0.2, 0.25) is 0 Å². The first-order valence-electron chi connectivity index (χ1n) is 13.8. The van der Waals surface area contributed by atoms with Crippen LogP contribution in [0.3, 0.4) is 0 Å². The zero-order valence-corrected chi connectivity index (χ0v) is 25.5. The number of aliphatic hydroxyl groups is 1. The van der Waals surface area contributed by atoms with Gasteiger partial charge in [-0.25, -0.2) is 0 Å². The molecule has 4 aromatic rings. The number of nitrogens with one attached hydrogen (secondary N) is 1. The lowest BCUT2D eigenvalue weighted by molar-refractivity contribution is -0.140. The van der Waals surface area contributed by atoms with E-state index in [0.29, 0.717) is 45.9 Å². The monoisotopic (exact) mass is 659 g/mol. The highest BCUT2D eigenvalue weighted by molar-refractivity contribution is 9.10. The van der Waals surface area contributed by atoms with Gasteiger partial charge < -0.3 is 29.2 Å². The second-order valence-electron chi connectivity index (χ2n) is 10.1. The van der Waals surface area contributed by atoms with Crippen molar-refractivity contribution >= 4 is 21.9 Å². The summed E-state index contributed by atoms with van der Waals surface area (Å²) in [7, 11) is 0. The molecule has 0 spiro atoms. The van der Waals surface area contributed by atoms with E-state index in [1.54, 1.807) is 24.4 Å². The number of aliphatic hydroxyl groups excluding tert-OH is 1. The van der Waals surface area contributed by atoms with Gasteiger partial charge in [0.2, 0.25) is 0 Å². The van der Waals surface area contributed by atoms with Crippen LogP contribution in [0.4, 0.5) is 0 Å². The number of rotatable bonds is 12. The van der Waals surface area contributed by atoms with Crippen LogP contribution < -0.4 is 24.3 Å². The fourth-order valence-corrected chi connectivity index (χ4v) is 5.24. The first-order chi connectivity index (χ1) is 21.4. The predicted molar refractivity (Wildman–Crippen MR) is 165 cm³/mol. The van der Waals surface area contributed by atoms with E-state index in [4.69, 9.17) is 18.9 Å². The summed E-state index contributed by atoms with van der Waals surface area (Å²) in [6.07, 6.45) is 3.08. The van der Waals surface area contributed by atoms with Crippen LogP contribution in [0.1, 0.15) is 27.8 Å². The summed E-state index contributed by atoms with van der Waals surface area (Å²) >= 11 is 3.58. The molecule has 3 N–H and O–H groups in total. The highest BCUT2D eigenvalue weighted by Crippen LogP contribution is 2.37. The third-order valence-corrected chi connectivity index (χ3v) is 7.75. The summed E-state index contributed by atoms with van der Waals surface area (Å²) in [5.41, 5.74) is 5.87. The molecule has 3 aromatic carbocycles. The smallest absolute Gasteiger partial charge is 0.323 e. The molecule has 0 saturated heterocycles. The molecule has 0 amide bonds. The van der Waals surface area contributed by atoms with E-state index in [9.17, 15) is 20.3 Å². The molecule has 0 fully saturated rings. The molecule has 0 radical (unpaired) electrons. The Morgan fingerprint density at radius 1 is 1.05 bits per heavy atom. The van der Waals surface area contributed by atoms with Crippen LogP contribution in [0.25, 0.3) is 11.1 Å². The Kier molecular flexibility index (Phi) is 9.96. The van der Waals surface area contributed by atoms with Gasteiger partial charge in [0.1, 0.15) is 50.0 Å². The number of ether oxygens (including phenoxy) is 4. The van der Waals surface area contributed by atoms with Crippen LogP contribution in [0.5, 0.6) is 23.0 Å². The Balaban J connectivity index is 1.37. The van der Waals surface area contributed by atoms with Crippen LogP contribution in [-0.4, -0.2) is 47.0 Å². The average molecular weight is 661 g/mol. The maximum absolute atomic E-state index is 11.4. The molecule has 0 bridgehead atoms. The molecule has 1 unspecified atom stereocenters. The number of pyridine rings is 1. The van der Waals surface area contributed by atoms with E-state index in [2.05, 4.69) is 38.4 Å². The Morgan fingerprint density at radius 2 is 1.84 bits per heavy atom. The fourth-order valence-electron chi connectivity index (χ4n) is 4.73. The predicted octanol–water partition coefficient (Wildman–Crippen LogP) is 5.16. The lowest BCUT2D eigenvalue weighted by atomic mass is 9.96. The van der Waals surface area contributed by atoms with E-state index in [1.165, 1.54) is 6.20 Å². The normalized spacial score (nSPS) is 12.7. The van der Waals surface area contributed by atoms with Crippen LogP contribution in [0.15, 0.2) is 71.5 Å². The second-order valence-corrected chi connectivity index (χ2v) is 10.9. The van der Waals surface area contributed by atoms with Crippen molar-refractivity contribution in [2.75, 3.05) is 19.8 Å². The van der Waals surface area contributed by atoms with E-state index < -0.39 is 18.6 Å². The number of fused-ring (bicyclic) bond motifs is 1. The third-order valence-electron chi connectivity index (χ3n) is 7.14. The van der Waals surface area contributed by atoms with Crippen LogP contribution in [-0.2, 0) is 24.6 Å². The van der Waals surface area contributed by atoms with Crippen molar-refractivity contribution in [3.05, 3.63) is 99.3 Å². The van der Waals surface area contributed by atoms with Gasteiger partial charge in [-0.2, -0.15) is 5.26 Å². The molecule has 1 aliphatic rings. The molecule has 0 saturated carbocycles. The number of aromatic nitrogens is 1. The summed E-state index contributed by atoms with van der Waals surface area (Å²) in [5.74, 6) is 1.27. The van der Waals surface area contributed by atoms with Gasteiger partial charge >= 0.3 is 5.97 Å². The molecular weight excluding hydrogens is 630 g/mol. The van der Waals surface area contributed by atoms with Crippen molar-refractivity contribution in [3.63, 3.8) is 0 Å². The summed E-state index contributed by atoms with van der Waals surface area (Å²) in [5, 5.41) is 30.8. The molecule has 226 valence electrons. The standard InChI is InChI=1S/C33H30BrN3O7/c1-20-24(3-2-4-26(20)23-5-6-29-32(11-23)42-8-7-41-29)19-44-31-12-30(43-18-22-9-21(13-35)14-36-15-22)25(10-27(31)34)16-37-28(17-38)33(39)40/h2-6,9-12,14-15,28,37-38H,7-8,16-19H2,1H3,(H,39,40). The van der Waals surface area contributed by atoms with Crippen molar-refractivity contribution in [2.45, 2.75) is 32.7 Å². The van der Waals surface area contributed by atoms with Gasteiger partial charge in [-0.15, -0.1) is 0 Å². The van der Waals surface area contributed by atoms with E-state index in [0.717, 1.165) is 33.8 Å². The van der Waals surface area contributed by atoms with Gasteiger partial charge in [-0.05, 0) is 69.4 Å². The number of carboxylic acid groups (broad SMARTS) is 1. The third kappa shape index (κ3) is 7.29. The Bertz CT molecular complexity index is 1710. The molecule has 0 aliphatic carbocycles. The quantitative estimate of drug-likeness (QED) is 0.187. The van der Waals surface area contributed by atoms with Gasteiger partial charge in [0.05, 0.1) is 16.6 Å². The maximum Gasteiger partial charge on any atom is 0.323 e. The van der Waals surface area contributed by atoms with Crippen LogP contribution in [0, 0.1) is 18.3 Å². The lowest BCUT2D eigenvalue weighted by Gasteiger charge is -2.20. The number of carboxylic acids is 1. The fraction of sp³-hybridized carbons (Fsp3) is 0.242. The topological polar surface area (TPSA) is 143 Å². The molecule has 1 atom stereocenters. The number of hydrogen-bond donors (Lipinski definition) is 3. The SMILES string of the molecule is Cc1c(COc2cc(OCc3cncc(C#N)c3)c(CNC(CO)C(=O)O)cc2Br)cccc1-c1ccc2c(c1)OCCO2. The summed E-state index contributed by atoms with van der Waals surface area (Å²) in [6.45, 7) is 3.05. The number of nitrogens with zero attached hydrogens (tertiary/aromatic N) is 2. The summed E-state index contributed by atoms with van der Waals surface area (Å²) in [6, 6.07) is 18.1. The van der Waals surface area contributed by atoms with Gasteiger partial charge in [0, 0.05) is 36.1 Å². The largest absolute Gasteiger partial charge is 0.488 e. The van der Waals surface area contributed by atoms with E-state index in [1.807, 2.05) is 37.3 Å². The Hall–Kier alpha value is -4.63. The van der Waals surface area contributed by atoms with Crippen LogP contribution >= 0.6 is 15.9 Å². The van der Waals surface area contributed by atoms with Crippen molar-refractivity contribution in [1.82, 2.24) is 10.3 Å². The minimum Gasteiger partial charge on any atom is -0.488 e. The minimum absolute atomic E-state index is 0.110. The number of nitriles is 1. The Morgan fingerprint density at radius 3 is 2.61 bits per heavy atom. The first kappa shape index (κ1) is 30.8. The molecule has 10 nitrogen and oxygen atoms in total. The molecule has 1 aliphatic heterocycles. The molecule has 2 heterocycles. The number of benzene rings is 3. The summed E-state index contributed by atoms with van der Waals surface area (Å²) < 4.78 is 24.5. The highest BCUT2D eigenvalue weighted by atomic mass is 79.9. The van der Waals surface area contributed by atoms with Crippen molar-refractivity contribution in [2.24, 2.45) is 0 Å². The van der Waals surface area contributed by atoms with E-state index in [-0.39, 0.29) is 19.8 Å². The zero-order valence-electron chi connectivity index (χ0n) is 23.9. The van der Waals surface area contributed by atoms with Crippen molar-refractivity contribution < 1.29 is 34.0 Å². The van der Waals surface area contributed by atoms with E-state index >= 15 is 0 Å². The number of halogens is 1. The number of aliphatic carboxylic acids is 1. The molecular formula is C33H30BrN3O7. The van der Waals surface area contributed by atoms with Gasteiger partial charge in [0.25, 0.3) is 0 Å². The maximum atomic E-state index is 11.4. The number of hydrogen-bond acceptors (Lipinski definition) is 9. The molecule has 44 heavy (non-hydrogen) atoms. The molecule has 11 heteroatoms. The van der Waals surface area contributed by atoms with Crippen molar-refractivity contribution in [1.29, 1.82) is 5.26 Å².